The highest BCUT2D eigenvalue weighted by Crippen LogP contribution is 2.15. The molecule has 2 heterocycles. The number of halogens is 1. The van der Waals surface area contributed by atoms with E-state index in [4.69, 9.17) is 5.73 Å². The molecule has 0 bridgehead atoms. The third-order valence-electron chi connectivity index (χ3n) is 4.08. The van der Waals surface area contributed by atoms with Crippen LogP contribution in [0.4, 0.5) is 0 Å². The first-order valence-corrected chi connectivity index (χ1v) is 7.86. The predicted molar refractivity (Wildman–Crippen MR) is 104 cm³/mol. The molecule has 3 rings (SSSR count). The molecule has 124 valence electrons. The van der Waals surface area contributed by atoms with Crippen molar-refractivity contribution < 1.29 is 0 Å². The lowest BCUT2D eigenvalue weighted by Crippen LogP contribution is -2.43. The normalized spacial score (nSPS) is 18.6. The molecule has 0 amide bonds. The van der Waals surface area contributed by atoms with Gasteiger partial charge in [-0.3, -0.25) is 0 Å². The van der Waals surface area contributed by atoms with Crippen LogP contribution in [0.2, 0.25) is 0 Å². The largest absolute Gasteiger partial charge is 0.370 e. The molecule has 5 nitrogen and oxygen atoms in total. The summed E-state index contributed by atoms with van der Waals surface area (Å²) in [5, 5.41) is 4.25. The third-order valence-corrected chi connectivity index (χ3v) is 4.08. The van der Waals surface area contributed by atoms with E-state index in [1.165, 1.54) is 12.8 Å². The lowest BCUT2D eigenvalue weighted by atomic mass is 10.0. The Labute approximate surface area is 154 Å². The summed E-state index contributed by atoms with van der Waals surface area (Å²) < 4.78 is 1.85. The molecule has 2 N–H and O–H groups in total. The van der Waals surface area contributed by atoms with Crippen LogP contribution in [0.25, 0.3) is 5.69 Å². The molecule has 0 spiro atoms. The van der Waals surface area contributed by atoms with Crippen molar-refractivity contribution in [2.24, 2.45) is 16.6 Å². The first kappa shape index (κ1) is 17.8. The zero-order valence-electron chi connectivity index (χ0n) is 13.4. The summed E-state index contributed by atoms with van der Waals surface area (Å²) in [4.78, 5) is 6.77. The first-order chi connectivity index (χ1) is 10.7. The van der Waals surface area contributed by atoms with Gasteiger partial charge in [0, 0.05) is 25.5 Å². The van der Waals surface area contributed by atoms with E-state index < -0.39 is 0 Å². The van der Waals surface area contributed by atoms with Gasteiger partial charge in [0.15, 0.2) is 5.96 Å². The number of nitrogens with two attached hydrogens (primary N) is 1. The molecule has 0 radical (unpaired) electrons. The number of rotatable bonds is 3. The average molecular weight is 425 g/mol. The fourth-order valence-electron chi connectivity index (χ4n) is 2.89. The van der Waals surface area contributed by atoms with Crippen LogP contribution < -0.4 is 5.73 Å². The van der Waals surface area contributed by atoms with Gasteiger partial charge in [-0.15, -0.1) is 24.0 Å². The minimum atomic E-state index is 0. The number of aliphatic imine (C=N–C) groups is 1. The van der Waals surface area contributed by atoms with Gasteiger partial charge in [0.2, 0.25) is 0 Å². The molecule has 1 fully saturated rings. The van der Waals surface area contributed by atoms with Gasteiger partial charge in [-0.25, -0.2) is 9.67 Å². The van der Waals surface area contributed by atoms with Crippen LogP contribution in [0.15, 0.2) is 47.7 Å². The van der Waals surface area contributed by atoms with Crippen molar-refractivity contribution in [2.45, 2.75) is 26.3 Å². The van der Waals surface area contributed by atoms with Gasteiger partial charge in [0.1, 0.15) is 0 Å². The number of hydrogen-bond acceptors (Lipinski definition) is 2. The van der Waals surface area contributed by atoms with Crippen molar-refractivity contribution in [3.05, 3.63) is 48.3 Å². The van der Waals surface area contributed by atoms with E-state index in [1.807, 2.05) is 29.1 Å². The van der Waals surface area contributed by atoms with E-state index in [-0.39, 0.29) is 24.0 Å². The summed E-state index contributed by atoms with van der Waals surface area (Å²) in [5.41, 5.74) is 8.33. The third kappa shape index (κ3) is 4.70. The Morgan fingerprint density at radius 3 is 3.00 bits per heavy atom. The van der Waals surface area contributed by atoms with E-state index in [0.717, 1.165) is 24.3 Å². The van der Waals surface area contributed by atoms with E-state index >= 15 is 0 Å². The van der Waals surface area contributed by atoms with Gasteiger partial charge in [-0.2, -0.15) is 5.10 Å². The van der Waals surface area contributed by atoms with Gasteiger partial charge in [-0.05, 0) is 42.5 Å². The van der Waals surface area contributed by atoms with Crippen molar-refractivity contribution in [1.29, 1.82) is 0 Å². The Hall–Kier alpha value is -1.57. The van der Waals surface area contributed by atoms with Crippen LogP contribution >= 0.6 is 24.0 Å². The number of piperidine rings is 1. The molecule has 1 aromatic heterocycles. The second kappa shape index (κ2) is 8.33. The minimum Gasteiger partial charge on any atom is -0.370 e. The van der Waals surface area contributed by atoms with Crippen molar-refractivity contribution in [3.63, 3.8) is 0 Å². The first-order valence-electron chi connectivity index (χ1n) is 7.86. The standard InChI is InChI=1S/C17H23N5.HI/c1-14-5-3-9-21(13-14)17(18)19-12-15-6-2-7-16(11-15)22-10-4-8-20-22;/h2,4,6-8,10-11,14H,3,5,9,12-13H2,1H3,(H2,18,19);1H. The zero-order chi connectivity index (χ0) is 15.4. The quantitative estimate of drug-likeness (QED) is 0.467. The van der Waals surface area contributed by atoms with Gasteiger partial charge >= 0.3 is 0 Å². The van der Waals surface area contributed by atoms with E-state index in [0.29, 0.717) is 18.4 Å². The maximum atomic E-state index is 6.15. The molecule has 2 aromatic rings. The summed E-state index contributed by atoms with van der Waals surface area (Å²) in [6.45, 7) is 4.91. The molecule has 1 saturated heterocycles. The molecule has 0 saturated carbocycles. The molecule has 0 aliphatic carbocycles. The van der Waals surface area contributed by atoms with Crippen molar-refractivity contribution >= 4 is 29.9 Å². The molecule has 1 unspecified atom stereocenters. The minimum absolute atomic E-state index is 0. The number of nitrogens with zero attached hydrogens (tertiary/aromatic N) is 4. The highest BCUT2D eigenvalue weighted by atomic mass is 127. The highest BCUT2D eigenvalue weighted by molar-refractivity contribution is 14.0. The Balaban J connectivity index is 0.00000192. The lowest BCUT2D eigenvalue weighted by molar-refractivity contribution is 0.270. The van der Waals surface area contributed by atoms with Crippen LogP contribution in [0.3, 0.4) is 0 Å². The Morgan fingerprint density at radius 2 is 2.26 bits per heavy atom. The van der Waals surface area contributed by atoms with E-state index in [2.05, 4.69) is 34.0 Å². The lowest BCUT2D eigenvalue weighted by Gasteiger charge is -2.31. The molecular weight excluding hydrogens is 401 g/mol. The highest BCUT2D eigenvalue weighted by Gasteiger charge is 2.17. The second-order valence-electron chi connectivity index (χ2n) is 5.99. The van der Waals surface area contributed by atoms with Crippen LogP contribution in [-0.2, 0) is 6.54 Å². The summed E-state index contributed by atoms with van der Waals surface area (Å²) in [6, 6.07) is 10.2. The topological polar surface area (TPSA) is 59.4 Å². The van der Waals surface area contributed by atoms with Gasteiger partial charge < -0.3 is 10.6 Å². The van der Waals surface area contributed by atoms with Crippen molar-refractivity contribution in [3.8, 4) is 5.69 Å². The summed E-state index contributed by atoms with van der Waals surface area (Å²) in [6.07, 6.45) is 6.20. The van der Waals surface area contributed by atoms with Crippen LogP contribution in [0.1, 0.15) is 25.3 Å². The fourth-order valence-corrected chi connectivity index (χ4v) is 2.89. The molecular formula is C17H24IN5. The fraction of sp³-hybridized carbons (Fsp3) is 0.412. The maximum absolute atomic E-state index is 6.15. The van der Waals surface area contributed by atoms with Gasteiger partial charge in [0.05, 0.1) is 12.2 Å². The number of benzene rings is 1. The van der Waals surface area contributed by atoms with Crippen LogP contribution in [0, 0.1) is 5.92 Å². The summed E-state index contributed by atoms with van der Waals surface area (Å²) in [7, 11) is 0. The number of aromatic nitrogens is 2. The molecule has 6 heteroatoms. The Bertz CT molecular complexity index is 638. The van der Waals surface area contributed by atoms with Gasteiger partial charge in [0.25, 0.3) is 0 Å². The average Bonchev–Trinajstić information content (AvgIpc) is 3.07. The van der Waals surface area contributed by atoms with E-state index in [9.17, 15) is 0 Å². The maximum Gasteiger partial charge on any atom is 0.191 e. The van der Waals surface area contributed by atoms with E-state index in [1.54, 1.807) is 6.20 Å². The van der Waals surface area contributed by atoms with Crippen molar-refractivity contribution in [1.82, 2.24) is 14.7 Å². The molecule has 1 atom stereocenters. The second-order valence-corrected chi connectivity index (χ2v) is 5.99. The monoisotopic (exact) mass is 425 g/mol. The Morgan fingerprint density at radius 1 is 1.39 bits per heavy atom. The molecule has 1 aliphatic heterocycles. The summed E-state index contributed by atoms with van der Waals surface area (Å²) in [5.74, 6) is 1.36. The predicted octanol–water partition coefficient (Wildman–Crippen LogP) is 3.04. The van der Waals surface area contributed by atoms with Crippen LogP contribution in [0.5, 0.6) is 0 Å². The number of guanidine groups is 1. The number of hydrogen-bond donors (Lipinski definition) is 1. The Kier molecular flexibility index (Phi) is 6.44. The van der Waals surface area contributed by atoms with Crippen molar-refractivity contribution in [2.75, 3.05) is 13.1 Å². The molecule has 23 heavy (non-hydrogen) atoms. The molecule has 1 aromatic carbocycles. The van der Waals surface area contributed by atoms with Crippen LogP contribution in [-0.4, -0.2) is 33.7 Å². The summed E-state index contributed by atoms with van der Waals surface area (Å²) >= 11 is 0. The van der Waals surface area contributed by atoms with Gasteiger partial charge in [-0.1, -0.05) is 19.1 Å². The molecule has 1 aliphatic rings. The number of likely N-dealkylation sites (tertiary alicyclic amines) is 1. The SMILES string of the molecule is CC1CCCN(C(N)=NCc2cccc(-n3cccn3)c2)C1.I. The zero-order valence-corrected chi connectivity index (χ0v) is 15.8. The smallest absolute Gasteiger partial charge is 0.191 e.